The van der Waals surface area contributed by atoms with Crippen molar-refractivity contribution >= 4 is 5.69 Å². The predicted octanol–water partition coefficient (Wildman–Crippen LogP) is 3.24. The van der Waals surface area contributed by atoms with Gasteiger partial charge in [-0.05, 0) is 25.1 Å². The van der Waals surface area contributed by atoms with E-state index in [9.17, 15) is 5.11 Å². The number of benzene rings is 2. The molecule has 3 rings (SSSR count). The molecule has 0 aromatic heterocycles. The van der Waals surface area contributed by atoms with Crippen LogP contribution in [0.25, 0.3) is 0 Å². The van der Waals surface area contributed by atoms with Crippen molar-refractivity contribution in [3.05, 3.63) is 59.7 Å². The first-order chi connectivity index (χ1) is 9.25. The van der Waals surface area contributed by atoms with E-state index < -0.39 is 0 Å². The number of anilines is 1. The van der Waals surface area contributed by atoms with E-state index in [1.54, 1.807) is 6.07 Å². The van der Waals surface area contributed by atoms with Crippen LogP contribution in [-0.4, -0.2) is 18.3 Å². The maximum atomic E-state index is 9.97. The molecule has 19 heavy (non-hydrogen) atoms. The number of phenols is 1. The average Bonchev–Trinajstić information content (AvgIpc) is 2.89. The zero-order chi connectivity index (χ0) is 13.2. The minimum atomic E-state index is -0.205. The Morgan fingerprint density at radius 2 is 1.84 bits per heavy atom. The molecule has 1 aliphatic heterocycles. The van der Waals surface area contributed by atoms with Gasteiger partial charge < -0.3 is 14.7 Å². The third-order valence-electron chi connectivity index (χ3n) is 3.46. The van der Waals surface area contributed by atoms with Gasteiger partial charge in [-0.15, -0.1) is 0 Å². The number of aryl methyl sites for hydroxylation is 1. The molecule has 3 heteroatoms. The van der Waals surface area contributed by atoms with Crippen LogP contribution in [0.1, 0.15) is 17.4 Å². The third kappa shape index (κ3) is 2.29. The van der Waals surface area contributed by atoms with Crippen LogP contribution >= 0.6 is 0 Å². The summed E-state index contributed by atoms with van der Waals surface area (Å²) in [4.78, 5) is 2.18. The second kappa shape index (κ2) is 4.94. The van der Waals surface area contributed by atoms with E-state index in [0.717, 1.165) is 17.8 Å². The lowest BCUT2D eigenvalue weighted by atomic mass is 10.1. The summed E-state index contributed by atoms with van der Waals surface area (Å²) in [7, 11) is 0. The molecule has 0 amide bonds. The molecular weight excluding hydrogens is 238 g/mol. The van der Waals surface area contributed by atoms with Crippen LogP contribution in [0.5, 0.6) is 5.75 Å². The quantitative estimate of drug-likeness (QED) is 0.894. The highest BCUT2D eigenvalue weighted by molar-refractivity contribution is 5.51. The maximum absolute atomic E-state index is 9.97. The van der Waals surface area contributed by atoms with Crippen molar-refractivity contribution in [1.82, 2.24) is 0 Å². The summed E-state index contributed by atoms with van der Waals surface area (Å²) in [6, 6.07) is 15.7. The second-order valence-corrected chi connectivity index (χ2v) is 4.81. The Morgan fingerprint density at radius 1 is 1.11 bits per heavy atom. The van der Waals surface area contributed by atoms with Crippen molar-refractivity contribution < 1.29 is 9.84 Å². The fourth-order valence-corrected chi connectivity index (χ4v) is 2.42. The lowest BCUT2D eigenvalue weighted by Gasteiger charge is -2.26. The van der Waals surface area contributed by atoms with Crippen LogP contribution in [0.15, 0.2) is 48.5 Å². The molecule has 0 aliphatic carbocycles. The first kappa shape index (κ1) is 12.1. The summed E-state index contributed by atoms with van der Waals surface area (Å²) in [5, 5.41) is 9.97. The molecule has 0 saturated carbocycles. The molecule has 1 fully saturated rings. The molecule has 1 unspecified atom stereocenters. The number of nitrogens with zero attached hydrogens (tertiary/aromatic N) is 1. The minimum absolute atomic E-state index is 0.205. The normalized spacial score (nSPS) is 18.8. The Hall–Kier alpha value is -2.00. The lowest BCUT2D eigenvalue weighted by molar-refractivity contribution is 0.111. The second-order valence-electron chi connectivity index (χ2n) is 4.81. The van der Waals surface area contributed by atoms with Crippen molar-refractivity contribution in [3.63, 3.8) is 0 Å². The summed E-state index contributed by atoms with van der Waals surface area (Å²) >= 11 is 0. The van der Waals surface area contributed by atoms with E-state index in [4.69, 9.17) is 4.74 Å². The van der Waals surface area contributed by atoms with Gasteiger partial charge in [0.2, 0.25) is 0 Å². The third-order valence-corrected chi connectivity index (χ3v) is 3.46. The first-order valence-electron chi connectivity index (χ1n) is 6.48. The van der Waals surface area contributed by atoms with Crippen LogP contribution < -0.4 is 4.90 Å². The van der Waals surface area contributed by atoms with E-state index in [0.29, 0.717) is 6.61 Å². The molecule has 0 radical (unpaired) electrons. The number of ether oxygens (including phenoxy) is 1. The molecule has 1 saturated heterocycles. The van der Waals surface area contributed by atoms with Gasteiger partial charge in [0.1, 0.15) is 5.75 Å². The van der Waals surface area contributed by atoms with Crippen molar-refractivity contribution in [3.8, 4) is 5.75 Å². The standard InChI is InChI=1S/C16H17NO2/c1-12-6-8-13(9-7-12)17-10-11-19-16(17)14-4-2-3-5-15(14)18/h2-9,16,18H,10-11H2,1H3. The van der Waals surface area contributed by atoms with Gasteiger partial charge in [-0.2, -0.15) is 0 Å². The van der Waals surface area contributed by atoms with E-state index in [1.807, 2.05) is 18.2 Å². The molecule has 0 bridgehead atoms. The Bertz CT molecular complexity index is 565. The highest BCUT2D eigenvalue weighted by Gasteiger charge is 2.28. The van der Waals surface area contributed by atoms with Crippen LogP contribution in [0.3, 0.4) is 0 Å². The van der Waals surface area contributed by atoms with Crippen molar-refractivity contribution in [1.29, 1.82) is 0 Å². The molecule has 2 aromatic rings. The largest absolute Gasteiger partial charge is 0.507 e. The SMILES string of the molecule is Cc1ccc(N2CCOC2c2ccccc2O)cc1. The van der Waals surface area contributed by atoms with Crippen LogP contribution in [0.4, 0.5) is 5.69 Å². The molecule has 1 atom stereocenters. The number of aromatic hydroxyl groups is 1. The molecule has 0 spiro atoms. The van der Waals surface area contributed by atoms with Crippen molar-refractivity contribution in [2.45, 2.75) is 13.2 Å². The van der Waals surface area contributed by atoms with Crippen LogP contribution in [0, 0.1) is 6.92 Å². The Labute approximate surface area is 113 Å². The zero-order valence-corrected chi connectivity index (χ0v) is 10.9. The molecule has 2 aromatic carbocycles. The van der Waals surface area contributed by atoms with Crippen LogP contribution in [0.2, 0.25) is 0 Å². The Kier molecular flexibility index (Phi) is 3.13. The minimum Gasteiger partial charge on any atom is -0.507 e. The fraction of sp³-hybridized carbons (Fsp3) is 0.250. The molecule has 3 nitrogen and oxygen atoms in total. The topological polar surface area (TPSA) is 32.7 Å². The number of phenolic OH excluding ortho intramolecular Hbond substituents is 1. The van der Waals surface area contributed by atoms with Gasteiger partial charge in [-0.25, -0.2) is 0 Å². The highest BCUT2D eigenvalue weighted by atomic mass is 16.5. The smallest absolute Gasteiger partial charge is 0.160 e. The fourth-order valence-electron chi connectivity index (χ4n) is 2.42. The van der Waals surface area contributed by atoms with Gasteiger partial charge in [0.25, 0.3) is 0 Å². The maximum Gasteiger partial charge on any atom is 0.160 e. The molecule has 1 heterocycles. The molecular formula is C16H17NO2. The summed E-state index contributed by atoms with van der Waals surface area (Å²) in [5.74, 6) is 0.284. The van der Waals surface area contributed by atoms with Crippen LogP contribution in [-0.2, 0) is 4.74 Å². The Balaban J connectivity index is 1.94. The van der Waals surface area contributed by atoms with Gasteiger partial charge in [0.15, 0.2) is 6.23 Å². The van der Waals surface area contributed by atoms with Gasteiger partial charge in [-0.1, -0.05) is 35.9 Å². The Morgan fingerprint density at radius 3 is 2.58 bits per heavy atom. The lowest BCUT2D eigenvalue weighted by Crippen LogP contribution is -2.23. The predicted molar refractivity (Wildman–Crippen MR) is 75.3 cm³/mol. The average molecular weight is 255 g/mol. The van der Waals surface area contributed by atoms with E-state index >= 15 is 0 Å². The van der Waals surface area contributed by atoms with Gasteiger partial charge in [0, 0.05) is 17.8 Å². The molecule has 98 valence electrons. The summed E-state index contributed by atoms with van der Waals surface area (Å²) in [5.41, 5.74) is 3.18. The van der Waals surface area contributed by atoms with Crippen molar-refractivity contribution in [2.24, 2.45) is 0 Å². The number of hydrogen-bond acceptors (Lipinski definition) is 3. The van der Waals surface area contributed by atoms with Gasteiger partial charge >= 0.3 is 0 Å². The van der Waals surface area contributed by atoms with E-state index in [-0.39, 0.29) is 12.0 Å². The number of hydrogen-bond donors (Lipinski definition) is 1. The summed E-state index contributed by atoms with van der Waals surface area (Å²) in [6.07, 6.45) is -0.205. The highest BCUT2D eigenvalue weighted by Crippen LogP contribution is 2.35. The van der Waals surface area contributed by atoms with E-state index in [1.165, 1.54) is 5.56 Å². The summed E-state index contributed by atoms with van der Waals surface area (Å²) < 4.78 is 5.78. The van der Waals surface area contributed by atoms with Crippen molar-refractivity contribution in [2.75, 3.05) is 18.1 Å². The monoisotopic (exact) mass is 255 g/mol. The van der Waals surface area contributed by atoms with Gasteiger partial charge in [0.05, 0.1) is 6.61 Å². The number of rotatable bonds is 2. The number of para-hydroxylation sites is 1. The zero-order valence-electron chi connectivity index (χ0n) is 10.9. The summed E-state index contributed by atoms with van der Waals surface area (Å²) in [6.45, 7) is 3.58. The molecule has 1 N–H and O–H groups in total. The molecule has 1 aliphatic rings. The van der Waals surface area contributed by atoms with E-state index in [2.05, 4.69) is 36.1 Å². The first-order valence-corrected chi connectivity index (χ1v) is 6.48. The van der Waals surface area contributed by atoms with Gasteiger partial charge in [-0.3, -0.25) is 0 Å².